The molecule has 0 aliphatic heterocycles. The summed E-state index contributed by atoms with van der Waals surface area (Å²) in [5.74, 6) is 1.21. The average Bonchev–Trinajstić information content (AvgIpc) is 2.41. The Hall–Kier alpha value is -0.630. The number of hydrogen-bond donors (Lipinski definition) is 0. The third-order valence-corrected chi connectivity index (χ3v) is 4.12. The van der Waals surface area contributed by atoms with Crippen molar-refractivity contribution >= 4 is 5.78 Å². The van der Waals surface area contributed by atoms with Crippen molar-refractivity contribution in [2.45, 2.75) is 77.7 Å². The number of rotatable bonds is 8. The zero-order valence-corrected chi connectivity index (χ0v) is 12.9. The highest BCUT2D eigenvalue weighted by molar-refractivity contribution is 5.79. The van der Waals surface area contributed by atoms with Gasteiger partial charge in [-0.3, -0.25) is 4.79 Å². The normalized spacial score (nSPS) is 23.1. The van der Waals surface area contributed by atoms with Gasteiger partial charge in [-0.15, -0.1) is 0 Å². The number of allylic oxidation sites excluding steroid dienone is 2. The number of ketones is 1. The van der Waals surface area contributed by atoms with Crippen LogP contribution in [0.1, 0.15) is 71.6 Å². The van der Waals surface area contributed by atoms with Crippen molar-refractivity contribution in [3.8, 4) is 0 Å². The first kappa shape index (κ1) is 16.4. The van der Waals surface area contributed by atoms with Crippen LogP contribution in [0.4, 0.5) is 0 Å². The lowest BCUT2D eigenvalue weighted by atomic mass is 9.84. The lowest BCUT2D eigenvalue weighted by Crippen LogP contribution is -2.21. The van der Waals surface area contributed by atoms with Crippen molar-refractivity contribution in [3.05, 3.63) is 11.6 Å². The fraction of sp³-hybridized carbons (Fsp3) is 0.824. The summed E-state index contributed by atoms with van der Waals surface area (Å²) in [5.41, 5.74) is 1.24. The number of hydrogen-bond acceptors (Lipinski definition) is 2. The fourth-order valence-electron chi connectivity index (χ4n) is 2.89. The second-order valence-electron chi connectivity index (χ2n) is 6.16. The van der Waals surface area contributed by atoms with Gasteiger partial charge in [0.05, 0.1) is 6.10 Å². The van der Waals surface area contributed by atoms with E-state index in [0.29, 0.717) is 18.3 Å². The maximum Gasteiger partial charge on any atom is 0.136 e. The second-order valence-corrected chi connectivity index (χ2v) is 6.16. The highest BCUT2D eigenvalue weighted by Gasteiger charge is 2.21. The van der Waals surface area contributed by atoms with Gasteiger partial charge < -0.3 is 4.74 Å². The monoisotopic (exact) mass is 266 g/mol. The lowest BCUT2D eigenvalue weighted by Gasteiger charge is -2.28. The summed E-state index contributed by atoms with van der Waals surface area (Å²) in [5, 5.41) is 0. The van der Waals surface area contributed by atoms with Crippen LogP contribution in [-0.4, -0.2) is 19.0 Å². The van der Waals surface area contributed by atoms with Gasteiger partial charge in [0.25, 0.3) is 0 Å². The van der Waals surface area contributed by atoms with Gasteiger partial charge in [-0.25, -0.2) is 0 Å². The summed E-state index contributed by atoms with van der Waals surface area (Å²) in [6, 6.07) is 0. The van der Waals surface area contributed by atoms with Crippen LogP contribution in [0.2, 0.25) is 0 Å². The zero-order chi connectivity index (χ0) is 14.1. The predicted octanol–water partition coefficient (Wildman–Crippen LogP) is 4.68. The van der Waals surface area contributed by atoms with Crippen LogP contribution in [0, 0.1) is 5.92 Å². The Bertz CT molecular complexity index is 290. The molecule has 1 fully saturated rings. The Balaban J connectivity index is 2.07. The molecule has 0 aromatic carbocycles. The molecule has 1 aliphatic rings. The molecule has 2 nitrogen and oxygen atoms in total. The van der Waals surface area contributed by atoms with E-state index in [4.69, 9.17) is 4.74 Å². The van der Waals surface area contributed by atoms with Gasteiger partial charge in [0.15, 0.2) is 0 Å². The van der Waals surface area contributed by atoms with Gasteiger partial charge in [0.1, 0.15) is 5.78 Å². The molecule has 0 amide bonds. The maximum absolute atomic E-state index is 11.6. The summed E-state index contributed by atoms with van der Waals surface area (Å²) in [4.78, 5) is 11.6. The molecule has 0 bridgehead atoms. The zero-order valence-electron chi connectivity index (χ0n) is 12.9. The van der Waals surface area contributed by atoms with Crippen LogP contribution in [0.3, 0.4) is 0 Å². The molecule has 0 saturated heterocycles. The second kappa shape index (κ2) is 9.30. The van der Waals surface area contributed by atoms with E-state index < -0.39 is 0 Å². The summed E-state index contributed by atoms with van der Waals surface area (Å²) in [7, 11) is 1.83. The summed E-state index contributed by atoms with van der Waals surface area (Å²) < 4.78 is 5.46. The van der Waals surface area contributed by atoms with E-state index >= 15 is 0 Å². The Labute approximate surface area is 118 Å². The smallest absolute Gasteiger partial charge is 0.136 e. The number of Topliss-reactive ketones (excluding diaryl/α,β-unsaturated/α-hetero) is 1. The van der Waals surface area contributed by atoms with E-state index in [1.807, 2.05) is 27.0 Å². The third kappa shape index (κ3) is 7.51. The van der Waals surface area contributed by atoms with Crippen LogP contribution >= 0.6 is 0 Å². The topological polar surface area (TPSA) is 26.3 Å². The predicted molar refractivity (Wildman–Crippen MR) is 80.3 cm³/mol. The molecular formula is C17H30O2. The van der Waals surface area contributed by atoms with E-state index in [9.17, 15) is 4.79 Å². The van der Waals surface area contributed by atoms with Crippen LogP contribution in [-0.2, 0) is 9.53 Å². The van der Waals surface area contributed by atoms with Crippen LogP contribution in [0.15, 0.2) is 11.6 Å². The Kier molecular flexibility index (Phi) is 8.04. The first-order valence-electron chi connectivity index (χ1n) is 7.79. The molecule has 1 aliphatic carbocycles. The van der Waals surface area contributed by atoms with Crippen molar-refractivity contribution in [2.75, 3.05) is 7.11 Å². The first-order chi connectivity index (χ1) is 9.11. The molecule has 0 aromatic heterocycles. The molecule has 110 valence electrons. The number of carbonyl (C=O) groups excluding carboxylic acids is 1. The fourth-order valence-corrected chi connectivity index (χ4v) is 2.89. The molecule has 2 atom stereocenters. The van der Waals surface area contributed by atoms with Gasteiger partial charge in [0.2, 0.25) is 0 Å². The van der Waals surface area contributed by atoms with E-state index in [1.165, 1.54) is 44.1 Å². The summed E-state index contributed by atoms with van der Waals surface area (Å²) in [6.45, 7) is 4.09. The van der Waals surface area contributed by atoms with E-state index in [0.717, 1.165) is 18.8 Å². The summed E-state index contributed by atoms with van der Waals surface area (Å²) in [6.07, 6.45) is 12.5. The van der Waals surface area contributed by atoms with Gasteiger partial charge >= 0.3 is 0 Å². The SMILES string of the molecule is CO[C@H]1CCC[C@@H](CCCCC(=O)CC=C(C)C)C1. The number of ether oxygens (including phenoxy) is 1. The molecular weight excluding hydrogens is 236 g/mol. The number of carbonyl (C=O) groups is 1. The average molecular weight is 266 g/mol. The summed E-state index contributed by atoms with van der Waals surface area (Å²) >= 11 is 0. The quantitative estimate of drug-likeness (QED) is 0.471. The molecule has 0 heterocycles. The Morgan fingerprint density at radius 2 is 2.05 bits per heavy atom. The van der Waals surface area contributed by atoms with Gasteiger partial charge in [0, 0.05) is 20.0 Å². The first-order valence-corrected chi connectivity index (χ1v) is 7.79. The van der Waals surface area contributed by atoms with Gasteiger partial charge in [-0.05, 0) is 39.0 Å². The van der Waals surface area contributed by atoms with E-state index in [1.54, 1.807) is 0 Å². The molecule has 2 heteroatoms. The standard InChI is InChI=1S/C17H30O2/c1-14(2)11-12-16(18)9-5-4-7-15-8-6-10-17(13-15)19-3/h11,15,17H,4-10,12-13H2,1-3H3/t15-,17+/m1/s1. The Morgan fingerprint density at radius 3 is 2.74 bits per heavy atom. The minimum Gasteiger partial charge on any atom is -0.381 e. The van der Waals surface area contributed by atoms with Crippen molar-refractivity contribution in [1.29, 1.82) is 0 Å². The van der Waals surface area contributed by atoms with Crippen molar-refractivity contribution in [3.63, 3.8) is 0 Å². The molecule has 19 heavy (non-hydrogen) atoms. The third-order valence-electron chi connectivity index (χ3n) is 4.12. The highest BCUT2D eigenvalue weighted by atomic mass is 16.5. The number of methoxy groups -OCH3 is 1. The van der Waals surface area contributed by atoms with E-state index in [-0.39, 0.29) is 0 Å². The van der Waals surface area contributed by atoms with E-state index in [2.05, 4.69) is 0 Å². The maximum atomic E-state index is 11.6. The van der Waals surface area contributed by atoms with Crippen LogP contribution in [0.5, 0.6) is 0 Å². The molecule has 0 radical (unpaired) electrons. The Morgan fingerprint density at radius 1 is 1.26 bits per heavy atom. The van der Waals surface area contributed by atoms with Crippen molar-refractivity contribution in [1.82, 2.24) is 0 Å². The van der Waals surface area contributed by atoms with Gasteiger partial charge in [-0.2, -0.15) is 0 Å². The van der Waals surface area contributed by atoms with Crippen LogP contribution in [0.25, 0.3) is 0 Å². The van der Waals surface area contributed by atoms with Gasteiger partial charge in [-0.1, -0.05) is 37.3 Å². The van der Waals surface area contributed by atoms with Crippen LogP contribution < -0.4 is 0 Å². The minimum absolute atomic E-state index is 0.389. The molecule has 0 N–H and O–H groups in total. The molecule has 0 unspecified atom stereocenters. The molecule has 0 aromatic rings. The molecule has 1 saturated carbocycles. The highest BCUT2D eigenvalue weighted by Crippen LogP contribution is 2.29. The van der Waals surface area contributed by atoms with Crippen molar-refractivity contribution in [2.24, 2.45) is 5.92 Å². The molecule has 1 rings (SSSR count). The lowest BCUT2D eigenvalue weighted by molar-refractivity contribution is -0.118. The van der Waals surface area contributed by atoms with Crippen molar-refractivity contribution < 1.29 is 9.53 Å². The minimum atomic E-state index is 0.389. The molecule has 0 spiro atoms. The largest absolute Gasteiger partial charge is 0.381 e. The number of unbranched alkanes of at least 4 members (excludes halogenated alkanes) is 1.